The van der Waals surface area contributed by atoms with Crippen LogP contribution in [0.4, 0.5) is 4.39 Å². The molecule has 1 aromatic rings. The molecule has 0 radical (unpaired) electrons. The first-order chi connectivity index (χ1) is 7.69. The molecule has 1 unspecified atom stereocenters. The van der Waals surface area contributed by atoms with Gasteiger partial charge in [0.15, 0.2) is 0 Å². The van der Waals surface area contributed by atoms with Gasteiger partial charge in [-0.1, -0.05) is 43.9 Å². The molecule has 1 aromatic carbocycles. The molecule has 90 valence electrons. The average Bonchev–Trinajstić information content (AvgIpc) is 2.28. The zero-order valence-corrected chi connectivity index (χ0v) is 10.5. The van der Waals surface area contributed by atoms with Crippen LogP contribution in [0.2, 0.25) is 0 Å². The van der Waals surface area contributed by atoms with Crippen LogP contribution < -0.4 is 5.32 Å². The van der Waals surface area contributed by atoms with Crippen LogP contribution in [0.25, 0.3) is 0 Å². The van der Waals surface area contributed by atoms with Gasteiger partial charge in [0.05, 0.1) is 0 Å². The summed E-state index contributed by atoms with van der Waals surface area (Å²) in [4.78, 5) is 0. The molecule has 1 atom stereocenters. The monoisotopic (exact) mass is 223 g/mol. The highest BCUT2D eigenvalue weighted by atomic mass is 19.1. The molecule has 0 saturated carbocycles. The average molecular weight is 223 g/mol. The van der Waals surface area contributed by atoms with Gasteiger partial charge in [0.1, 0.15) is 5.82 Å². The van der Waals surface area contributed by atoms with Crippen LogP contribution in [-0.4, -0.2) is 7.05 Å². The second-order valence-corrected chi connectivity index (χ2v) is 4.36. The summed E-state index contributed by atoms with van der Waals surface area (Å²) in [6.45, 7) is 4.18. The number of hydrogen-bond donors (Lipinski definition) is 1. The van der Waals surface area contributed by atoms with Gasteiger partial charge >= 0.3 is 0 Å². The number of aryl methyl sites for hydroxylation is 1. The number of rotatable bonds is 6. The van der Waals surface area contributed by atoms with E-state index < -0.39 is 0 Å². The Hall–Kier alpha value is -0.890. The third-order valence-electron chi connectivity index (χ3n) is 2.97. The molecule has 1 rings (SSSR count). The van der Waals surface area contributed by atoms with Crippen molar-refractivity contribution in [3.05, 3.63) is 35.1 Å². The molecule has 0 bridgehead atoms. The second kappa shape index (κ2) is 6.64. The molecule has 0 aliphatic rings. The molecule has 0 aromatic heterocycles. The van der Waals surface area contributed by atoms with E-state index in [4.69, 9.17) is 0 Å². The number of halogens is 1. The molecule has 0 spiro atoms. The quantitative estimate of drug-likeness (QED) is 0.719. The Morgan fingerprint density at radius 1 is 1.31 bits per heavy atom. The van der Waals surface area contributed by atoms with Crippen molar-refractivity contribution in [2.24, 2.45) is 0 Å². The van der Waals surface area contributed by atoms with Gasteiger partial charge in [-0.2, -0.15) is 0 Å². The Bertz CT molecular complexity index is 323. The molecule has 0 saturated heterocycles. The first-order valence-corrected chi connectivity index (χ1v) is 6.12. The second-order valence-electron chi connectivity index (χ2n) is 4.36. The summed E-state index contributed by atoms with van der Waals surface area (Å²) in [5.41, 5.74) is 1.92. The van der Waals surface area contributed by atoms with Crippen LogP contribution in [0.5, 0.6) is 0 Å². The molecular formula is C14H22FN. The number of hydrogen-bond acceptors (Lipinski definition) is 1. The summed E-state index contributed by atoms with van der Waals surface area (Å²) < 4.78 is 13.7. The Morgan fingerprint density at radius 3 is 2.69 bits per heavy atom. The Labute approximate surface area is 98.1 Å². The van der Waals surface area contributed by atoms with E-state index in [1.807, 2.05) is 26.1 Å². The fourth-order valence-electron chi connectivity index (χ4n) is 1.98. The van der Waals surface area contributed by atoms with Gasteiger partial charge in [0.2, 0.25) is 0 Å². The number of unbranched alkanes of at least 4 members (excludes halogenated alkanes) is 2. The van der Waals surface area contributed by atoms with Gasteiger partial charge in [-0.15, -0.1) is 0 Å². The summed E-state index contributed by atoms with van der Waals surface area (Å²) in [5, 5.41) is 3.21. The Morgan fingerprint density at radius 2 is 2.06 bits per heavy atom. The summed E-state index contributed by atoms with van der Waals surface area (Å²) in [6.07, 6.45) is 4.57. The van der Waals surface area contributed by atoms with Crippen molar-refractivity contribution in [2.75, 3.05) is 7.05 Å². The molecule has 2 heteroatoms. The minimum atomic E-state index is -0.0959. The Kier molecular flexibility index (Phi) is 5.47. The van der Waals surface area contributed by atoms with Crippen LogP contribution in [0.1, 0.15) is 49.8 Å². The van der Waals surface area contributed by atoms with E-state index in [9.17, 15) is 4.39 Å². The fourth-order valence-corrected chi connectivity index (χ4v) is 1.98. The van der Waals surface area contributed by atoms with Crippen LogP contribution >= 0.6 is 0 Å². The molecule has 0 heterocycles. The summed E-state index contributed by atoms with van der Waals surface area (Å²) >= 11 is 0. The first-order valence-electron chi connectivity index (χ1n) is 6.12. The van der Waals surface area contributed by atoms with Gasteiger partial charge in [-0.3, -0.25) is 0 Å². The molecule has 1 N–H and O–H groups in total. The van der Waals surface area contributed by atoms with E-state index in [1.165, 1.54) is 12.8 Å². The molecule has 1 nitrogen and oxygen atoms in total. The number of benzene rings is 1. The zero-order chi connectivity index (χ0) is 12.0. The van der Waals surface area contributed by atoms with Crippen LogP contribution in [-0.2, 0) is 0 Å². The maximum atomic E-state index is 13.7. The van der Waals surface area contributed by atoms with E-state index >= 15 is 0 Å². The van der Waals surface area contributed by atoms with E-state index in [0.717, 1.165) is 24.0 Å². The van der Waals surface area contributed by atoms with Gasteiger partial charge in [-0.25, -0.2) is 4.39 Å². The molecule has 0 aliphatic carbocycles. The van der Waals surface area contributed by atoms with Gasteiger partial charge in [0, 0.05) is 11.6 Å². The maximum absolute atomic E-state index is 13.7. The van der Waals surface area contributed by atoms with Gasteiger partial charge in [0.25, 0.3) is 0 Å². The normalized spacial score (nSPS) is 12.8. The molecular weight excluding hydrogens is 201 g/mol. The minimum absolute atomic E-state index is 0.0959. The van der Waals surface area contributed by atoms with Gasteiger partial charge in [-0.05, 0) is 26.5 Å². The molecule has 16 heavy (non-hydrogen) atoms. The number of nitrogens with one attached hydrogen (secondary N) is 1. The van der Waals surface area contributed by atoms with Crippen LogP contribution in [0.15, 0.2) is 18.2 Å². The maximum Gasteiger partial charge on any atom is 0.127 e. The van der Waals surface area contributed by atoms with E-state index in [1.54, 1.807) is 6.07 Å². The SMILES string of the molecule is CCCCCC(NC)c1cc(C)ccc1F. The van der Waals surface area contributed by atoms with Crippen molar-refractivity contribution >= 4 is 0 Å². The molecule has 0 amide bonds. The smallest absolute Gasteiger partial charge is 0.127 e. The highest BCUT2D eigenvalue weighted by Crippen LogP contribution is 2.23. The minimum Gasteiger partial charge on any atom is -0.313 e. The van der Waals surface area contributed by atoms with Crippen molar-refractivity contribution in [3.8, 4) is 0 Å². The van der Waals surface area contributed by atoms with Crippen LogP contribution in [0, 0.1) is 12.7 Å². The lowest BCUT2D eigenvalue weighted by Crippen LogP contribution is -2.17. The third kappa shape index (κ3) is 3.60. The summed E-state index contributed by atoms with van der Waals surface area (Å²) in [7, 11) is 1.90. The van der Waals surface area contributed by atoms with Crippen molar-refractivity contribution in [2.45, 2.75) is 45.6 Å². The lowest BCUT2D eigenvalue weighted by Gasteiger charge is -2.17. The third-order valence-corrected chi connectivity index (χ3v) is 2.97. The fraction of sp³-hybridized carbons (Fsp3) is 0.571. The van der Waals surface area contributed by atoms with Crippen LogP contribution in [0.3, 0.4) is 0 Å². The van der Waals surface area contributed by atoms with E-state index in [-0.39, 0.29) is 11.9 Å². The topological polar surface area (TPSA) is 12.0 Å². The van der Waals surface area contributed by atoms with E-state index in [2.05, 4.69) is 12.2 Å². The zero-order valence-electron chi connectivity index (χ0n) is 10.5. The van der Waals surface area contributed by atoms with Gasteiger partial charge < -0.3 is 5.32 Å². The van der Waals surface area contributed by atoms with Crippen molar-refractivity contribution in [1.82, 2.24) is 5.32 Å². The first kappa shape index (κ1) is 13.2. The highest BCUT2D eigenvalue weighted by Gasteiger charge is 2.13. The lowest BCUT2D eigenvalue weighted by atomic mass is 9.98. The van der Waals surface area contributed by atoms with Crippen molar-refractivity contribution in [3.63, 3.8) is 0 Å². The van der Waals surface area contributed by atoms with Crippen molar-refractivity contribution in [1.29, 1.82) is 0 Å². The Balaban J connectivity index is 2.73. The predicted octanol–water partition coefficient (Wildman–Crippen LogP) is 3.97. The molecule has 0 fully saturated rings. The largest absolute Gasteiger partial charge is 0.313 e. The summed E-state index contributed by atoms with van der Waals surface area (Å²) in [5.74, 6) is -0.0959. The van der Waals surface area contributed by atoms with E-state index in [0.29, 0.717) is 0 Å². The standard InChI is InChI=1S/C14H22FN/c1-4-5-6-7-14(16-3)12-10-11(2)8-9-13(12)15/h8-10,14,16H,4-7H2,1-3H3. The predicted molar refractivity (Wildman–Crippen MR) is 67.1 cm³/mol. The summed E-state index contributed by atoms with van der Waals surface area (Å²) in [6, 6.07) is 5.47. The highest BCUT2D eigenvalue weighted by molar-refractivity contribution is 5.26. The lowest BCUT2D eigenvalue weighted by molar-refractivity contribution is 0.484. The van der Waals surface area contributed by atoms with Crippen molar-refractivity contribution < 1.29 is 4.39 Å². The molecule has 0 aliphatic heterocycles.